The van der Waals surface area contributed by atoms with Crippen LogP contribution in [-0.2, 0) is 22.6 Å². The number of carbonyl (C=O) groups excluding carboxylic acids is 3. The van der Waals surface area contributed by atoms with Gasteiger partial charge in [-0.25, -0.2) is 4.79 Å². The number of amides is 2. The van der Waals surface area contributed by atoms with Crippen LogP contribution in [0.1, 0.15) is 40.4 Å². The Bertz CT molecular complexity index is 1320. The van der Waals surface area contributed by atoms with Gasteiger partial charge < -0.3 is 29.4 Å². The maximum atomic E-state index is 12.6. The van der Waals surface area contributed by atoms with Crippen LogP contribution < -0.4 is 20.1 Å². The number of hydrogen-bond acceptors (Lipinski definition) is 9. The van der Waals surface area contributed by atoms with Crippen LogP contribution in [0.3, 0.4) is 0 Å². The van der Waals surface area contributed by atoms with Crippen molar-refractivity contribution >= 4 is 46.8 Å². The lowest BCUT2D eigenvalue weighted by atomic mass is 10.2. The molecule has 2 aromatic carbocycles. The predicted octanol–water partition coefficient (Wildman–Crippen LogP) is 3.81. The van der Waals surface area contributed by atoms with Crippen LogP contribution in [0.25, 0.3) is 0 Å². The molecule has 202 valence electrons. The van der Waals surface area contributed by atoms with Crippen molar-refractivity contribution in [2.45, 2.75) is 32.1 Å². The summed E-state index contributed by atoms with van der Waals surface area (Å²) in [4.78, 5) is 37.2. The first-order chi connectivity index (χ1) is 18.3. The third-order valence-corrected chi connectivity index (χ3v) is 6.54. The van der Waals surface area contributed by atoms with Gasteiger partial charge in [0.05, 0.1) is 49.4 Å². The minimum absolute atomic E-state index is 0.0239. The van der Waals surface area contributed by atoms with Gasteiger partial charge in [-0.3, -0.25) is 9.59 Å². The SMILES string of the molecule is CCOC(=O)c1ccc(Cl)c(NC(=O)CSc2nnc(CNC(=O)c3ccc(OC)c(OC)c3)n2CC)c1. The van der Waals surface area contributed by atoms with Crippen LogP contribution in [-0.4, -0.2) is 59.1 Å². The summed E-state index contributed by atoms with van der Waals surface area (Å²) >= 11 is 7.36. The summed E-state index contributed by atoms with van der Waals surface area (Å²) in [5.74, 6) is 0.372. The molecule has 1 heterocycles. The van der Waals surface area contributed by atoms with E-state index in [9.17, 15) is 14.4 Å². The van der Waals surface area contributed by atoms with E-state index >= 15 is 0 Å². The Balaban J connectivity index is 1.60. The maximum Gasteiger partial charge on any atom is 0.338 e. The van der Waals surface area contributed by atoms with Gasteiger partial charge in [0.15, 0.2) is 22.5 Å². The minimum Gasteiger partial charge on any atom is -0.493 e. The number of methoxy groups -OCH3 is 2. The number of ether oxygens (including phenoxy) is 3. The number of hydrogen-bond donors (Lipinski definition) is 2. The molecule has 0 radical (unpaired) electrons. The zero-order valence-electron chi connectivity index (χ0n) is 21.4. The van der Waals surface area contributed by atoms with E-state index in [2.05, 4.69) is 20.8 Å². The van der Waals surface area contributed by atoms with Crippen LogP contribution in [0.5, 0.6) is 11.5 Å². The number of rotatable bonds is 12. The molecule has 0 saturated carbocycles. The molecule has 1 aromatic heterocycles. The molecule has 0 aliphatic carbocycles. The van der Waals surface area contributed by atoms with Gasteiger partial charge in [-0.1, -0.05) is 23.4 Å². The largest absolute Gasteiger partial charge is 0.493 e. The molecule has 3 aromatic rings. The number of nitrogens with one attached hydrogen (secondary N) is 2. The van der Waals surface area contributed by atoms with Gasteiger partial charge in [-0.2, -0.15) is 0 Å². The lowest BCUT2D eigenvalue weighted by Gasteiger charge is -2.11. The third kappa shape index (κ3) is 7.17. The van der Waals surface area contributed by atoms with Gasteiger partial charge in [0, 0.05) is 12.1 Å². The van der Waals surface area contributed by atoms with Gasteiger partial charge >= 0.3 is 5.97 Å². The number of thioether (sulfide) groups is 1. The van der Waals surface area contributed by atoms with E-state index in [1.54, 1.807) is 29.7 Å². The van der Waals surface area contributed by atoms with Crippen molar-refractivity contribution in [1.82, 2.24) is 20.1 Å². The lowest BCUT2D eigenvalue weighted by Crippen LogP contribution is -2.25. The molecule has 11 nitrogen and oxygen atoms in total. The molecule has 2 N–H and O–H groups in total. The van der Waals surface area contributed by atoms with Gasteiger partial charge in [-0.15, -0.1) is 10.2 Å². The number of anilines is 1. The quantitative estimate of drug-likeness (QED) is 0.250. The van der Waals surface area contributed by atoms with Crippen LogP contribution in [0.2, 0.25) is 5.02 Å². The number of halogens is 1. The number of esters is 1. The van der Waals surface area contributed by atoms with Crippen LogP contribution in [0.15, 0.2) is 41.6 Å². The number of aromatic nitrogens is 3. The first kappa shape index (κ1) is 28.8. The van der Waals surface area contributed by atoms with Crippen LogP contribution in [0.4, 0.5) is 5.69 Å². The molecule has 2 amide bonds. The van der Waals surface area contributed by atoms with Crippen molar-refractivity contribution in [3.8, 4) is 11.5 Å². The monoisotopic (exact) mass is 561 g/mol. The fourth-order valence-electron chi connectivity index (χ4n) is 3.39. The van der Waals surface area contributed by atoms with Gasteiger partial charge in [0.25, 0.3) is 5.91 Å². The second-order valence-electron chi connectivity index (χ2n) is 7.65. The molecule has 0 aliphatic rings. The van der Waals surface area contributed by atoms with Gasteiger partial charge in [0.1, 0.15) is 0 Å². The Labute approximate surface area is 229 Å². The molecule has 0 spiro atoms. The van der Waals surface area contributed by atoms with E-state index in [4.69, 9.17) is 25.8 Å². The van der Waals surface area contributed by atoms with Crippen molar-refractivity contribution in [3.05, 3.63) is 58.4 Å². The van der Waals surface area contributed by atoms with E-state index in [0.717, 1.165) is 0 Å². The van der Waals surface area contributed by atoms with Gasteiger partial charge in [-0.05, 0) is 50.2 Å². The molecule has 0 atom stereocenters. The summed E-state index contributed by atoms with van der Waals surface area (Å²) in [7, 11) is 3.02. The normalized spacial score (nSPS) is 10.6. The van der Waals surface area contributed by atoms with Crippen molar-refractivity contribution < 1.29 is 28.6 Å². The molecular weight excluding hydrogens is 534 g/mol. The Hall–Kier alpha value is -3.77. The third-order valence-electron chi connectivity index (χ3n) is 5.25. The molecule has 0 aliphatic heterocycles. The van der Waals surface area contributed by atoms with E-state index in [1.165, 1.54) is 44.2 Å². The summed E-state index contributed by atoms with van der Waals surface area (Å²) < 4.78 is 17.2. The Kier molecular flexibility index (Phi) is 10.4. The Morgan fingerprint density at radius 2 is 1.74 bits per heavy atom. The molecule has 3 rings (SSSR count). The smallest absolute Gasteiger partial charge is 0.338 e. The van der Waals surface area contributed by atoms with E-state index < -0.39 is 5.97 Å². The maximum absolute atomic E-state index is 12.6. The van der Waals surface area contributed by atoms with E-state index in [1.807, 2.05) is 6.92 Å². The van der Waals surface area contributed by atoms with Gasteiger partial charge in [0.2, 0.25) is 5.91 Å². The molecule has 38 heavy (non-hydrogen) atoms. The Morgan fingerprint density at radius 3 is 2.42 bits per heavy atom. The molecule has 0 fully saturated rings. The summed E-state index contributed by atoms with van der Waals surface area (Å²) in [6, 6.07) is 9.40. The molecular formula is C25H28ClN5O6S. The topological polar surface area (TPSA) is 134 Å². The summed E-state index contributed by atoms with van der Waals surface area (Å²) in [5, 5.41) is 14.7. The highest BCUT2D eigenvalue weighted by molar-refractivity contribution is 7.99. The highest BCUT2D eigenvalue weighted by atomic mass is 35.5. The average Bonchev–Trinajstić information content (AvgIpc) is 3.33. The second-order valence-corrected chi connectivity index (χ2v) is 9.00. The number of nitrogens with zero attached hydrogens (tertiary/aromatic N) is 3. The Morgan fingerprint density at radius 1 is 1.00 bits per heavy atom. The summed E-state index contributed by atoms with van der Waals surface area (Å²) in [6.45, 7) is 4.52. The average molecular weight is 562 g/mol. The van der Waals surface area contributed by atoms with Crippen LogP contribution in [0, 0.1) is 0 Å². The summed E-state index contributed by atoms with van der Waals surface area (Å²) in [6.07, 6.45) is 0. The van der Waals surface area contributed by atoms with Crippen molar-refractivity contribution in [1.29, 1.82) is 0 Å². The number of carbonyl (C=O) groups is 3. The molecule has 0 saturated heterocycles. The molecule has 13 heteroatoms. The standard InChI is InChI=1S/C25H28ClN5O6S/c1-5-31-21(13-27-23(33)15-8-10-19(35-3)20(12-15)36-4)29-30-25(31)38-14-22(32)28-18-11-16(7-9-17(18)26)24(34)37-6-2/h7-12H,5-6,13-14H2,1-4H3,(H,27,33)(H,28,32). The van der Waals surface area contributed by atoms with E-state index in [-0.39, 0.29) is 36.3 Å². The molecule has 0 bridgehead atoms. The fourth-order valence-corrected chi connectivity index (χ4v) is 4.38. The van der Waals surface area contributed by atoms with Crippen molar-refractivity contribution in [3.63, 3.8) is 0 Å². The predicted molar refractivity (Wildman–Crippen MR) is 143 cm³/mol. The second kappa shape index (κ2) is 13.7. The first-order valence-electron chi connectivity index (χ1n) is 11.6. The highest BCUT2D eigenvalue weighted by Crippen LogP contribution is 2.28. The minimum atomic E-state index is -0.504. The van der Waals surface area contributed by atoms with Crippen molar-refractivity contribution in [2.24, 2.45) is 0 Å². The van der Waals surface area contributed by atoms with E-state index in [0.29, 0.717) is 45.3 Å². The number of benzene rings is 2. The fraction of sp³-hybridized carbons (Fsp3) is 0.320. The van der Waals surface area contributed by atoms with Crippen molar-refractivity contribution in [2.75, 3.05) is 31.9 Å². The zero-order valence-corrected chi connectivity index (χ0v) is 22.9. The molecule has 0 unspecified atom stereocenters. The van der Waals surface area contributed by atoms with Crippen LogP contribution >= 0.6 is 23.4 Å². The lowest BCUT2D eigenvalue weighted by molar-refractivity contribution is -0.113. The zero-order chi connectivity index (χ0) is 27.7. The first-order valence-corrected chi connectivity index (χ1v) is 13.0. The summed E-state index contributed by atoms with van der Waals surface area (Å²) in [5.41, 5.74) is 0.991. The highest BCUT2D eigenvalue weighted by Gasteiger charge is 2.17.